The number of hydrogen-bond acceptors (Lipinski definition) is 5. The molecule has 2 N–H and O–H groups in total. The van der Waals surface area contributed by atoms with Crippen LogP contribution in [0.3, 0.4) is 0 Å². The van der Waals surface area contributed by atoms with Crippen molar-refractivity contribution in [1.29, 1.82) is 0 Å². The third-order valence-electron chi connectivity index (χ3n) is 6.74. The normalized spacial score (nSPS) is 15.5. The Morgan fingerprint density at radius 2 is 1.73 bits per heavy atom. The third kappa shape index (κ3) is 4.46. The van der Waals surface area contributed by atoms with Gasteiger partial charge in [0.15, 0.2) is 11.5 Å². The van der Waals surface area contributed by atoms with Gasteiger partial charge in [-0.3, -0.25) is 4.57 Å². The van der Waals surface area contributed by atoms with Crippen LogP contribution in [0, 0.1) is 0 Å². The second kappa shape index (κ2) is 9.27. The molecule has 0 spiro atoms. The fraction of sp³-hybridized carbons (Fsp3) is 0.385. The molecule has 2 aliphatic rings. The Balaban J connectivity index is 1.40. The number of piperidine rings is 1. The summed E-state index contributed by atoms with van der Waals surface area (Å²) in [5.41, 5.74) is 4.96. The lowest BCUT2D eigenvalue weighted by Gasteiger charge is -2.24. The summed E-state index contributed by atoms with van der Waals surface area (Å²) in [4.78, 5) is 18.7. The number of ether oxygens (including phenoxy) is 2. The van der Waals surface area contributed by atoms with Gasteiger partial charge in [0.1, 0.15) is 12.4 Å². The van der Waals surface area contributed by atoms with Crippen molar-refractivity contribution in [2.75, 3.05) is 32.6 Å². The smallest absolute Gasteiger partial charge is 0.350 e. The molecule has 0 saturated carbocycles. The largest absolute Gasteiger partial charge is 0.493 e. The molecule has 0 amide bonds. The molecular weight excluding hydrogens is 416 g/mol. The van der Waals surface area contributed by atoms with E-state index in [-0.39, 0.29) is 5.69 Å². The van der Waals surface area contributed by atoms with E-state index in [0.29, 0.717) is 23.9 Å². The minimum Gasteiger partial charge on any atom is -0.493 e. The Hall–Kier alpha value is -3.32. The number of fused-ring (bicyclic) bond motifs is 3. The SMILES string of the molecule is COc1cc2c(cc1OC)-c1cc(Nc3ccc(C[NH+]4CCCCC4)cc3)nc(=O)n1CC2. The topological polar surface area (TPSA) is 69.8 Å². The van der Waals surface area contributed by atoms with Crippen molar-refractivity contribution in [1.82, 2.24) is 9.55 Å². The summed E-state index contributed by atoms with van der Waals surface area (Å²) in [6.45, 7) is 4.19. The Bertz CT molecular complexity index is 1200. The van der Waals surface area contributed by atoms with Crippen molar-refractivity contribution in [2.24, 2.45) is 0 Å². The van der Waals surface area contributed by atoms with E-state index in [9.17, 15) is 4.79 Å². The molecular formula is C26H31N4O3+. The van der Waals surface area contributed by atoms with Crippen LogP contribution in [-0.4, -0.2) is 36.9 Å². The standard InChI is InChI=1S/C26H30N4O3/c1-32-23-14-19-10-13-30-22(21(19)15-24(23)33-2)16-25(28-26(30)31)27-20-8-6-18(7-9-20)17-29-11-4-3-5-12-29/h6-9,14-16H,3-5,10-13,17H2,1-2H3,(H,27,28,31)/p+1. The molecule has 0 unspecified atom stereocenters. The number of nitrogens with one attached hydrogen (secondary N) is 2. The maximum absolute atomic E-state index is 12.8. The van der Waals surface area contributed by atoms with Gasteiger partial charge in [0.05, 0.1) is 33.0 Å². The highest BCUT2D eigenvalue weighted by Gasteiger charge is 2.22. The van der Waals surface area contributed by atoms with Gasteiger partial charge >= 0.3 is 5.69 Å². The first-order valence-electron chi connectivity index (χ1n) is 11.7. The lowest BCUT2D eigenvalue weighted by molar-refractivity contribution is -0.918. The minimum absolute atomic E-state index is 0.249. The molecule has 0 aliphatic carbocycles. The maximum atomic E-state index is 12.8. The van der Waals surface area contributed by atoms with Crippen molar-refractivity contribution < 1.29 is 14.4 Å². The molecule has 5 rings (SSSR count). The number of nitrogens with zero attached hydrogens (tertiary/aromatic N) is 2. The molecule has 172 valence electrons. The predicted molar refractivity (Wildman–Crippen MR) is 129 cm³/mol. The highest BCUT2D eigenvalue weighted by Crippen LogP contribution is 2.38. The summed E-state index contributed by atoms with van der Waals surface area (Å²) in [7, 11) is 3.26. The van der Waals surface area contributed by atoms with Crippen LogP contribution in [0.4, 0.5) is 11.5 Å². The second-order valence-electron chi connectivity index (χ2n) is 8.88. The van der Waals surface area contributed by atoms with Gasteiger partial charge in [0.2, 0.25) is 0 Å². The van der Waals surface area contributed by atoms with Gasteiger partial charge in [-0.1, -0.05) is 12.1 Å². The molecule has 33 heavy (non-hydrogen) atoms. The predicted octanol–water partition coefficient (Wildman–Crippen LogP) is 2.80. The molecule has 0 atom stereocenters. The van der Waals surface area contributed by atoms with Gasteiger partial charge in [0, 0.05) is 29.4 Å². The highest BCUT2D eigenvalue weighted by molar-refractivity contribution is 5.73. The van der Waals surface area contributed by atoms with E-state index in [2.05, 4.69) is 34.6 Å². The van der Waals surface area contributed by atoms with E-state index in [1.807, 2.05) is 18.2 Å². The van der Waals surface area contributed by atoms with Crippen LogP contribution >= 0.6 is 0 Å². The summed E-state index contributed by atoms with van der Waals surface area (Å²) >= 11 is 0. The zero-order chi connectivity index (χ0) is 22.8. The highest BCUT2D eigenvalue weighted by atomic mass is 16.5. The molecule has 3 heterocycles. The fourth-order valence-corrected chi connectivity index (χ4v) is 4.98. The number of anilines is 2. The van der Waals surface area contributed by atoms with Crippen molar-refractivity contribution in [3.05, 3.63) is 64.1 Å². The van der Waals surface area contributed by atoms with E-state index in [1.165, 1.54) is 37.9 Å². The van der Waals surface area contributed by atoms with Crippen LogP contribution in [0.2, 0.25) is 0 Å². The number of aryl methyl sites for hydroxylation is 1. The Morgan fingerprint density at radius 1 is 1.00 bits per heavy atom. The quantitative estimate of drug-likeness (QED) is 0.608. The molecule has 0 radical (unpaired) electrons. The number of aromatic nitrogens is 2. The molecule has 2 aromatic carbocycles. The van der Waals surface area contributed by atoms with Gasteiger partial charge in [-0.15, -0.1) is 0 Å². The van der Waals surface area contributed by atoms with Gasteiger partial charge in [0.25, 0.3) is 0 Å². The van der Waals surface area contributed by atoms with Gasteiger partial charge in [-0.2, -0.15) is 4.98 Å². The van der Waals surface area contributed by atoms with E-state index in [4.69, 9.17) is 9.47 Å². The number of methoxy groups -OCH3 is 2. The van der Waals surface area contributed by atoms with Crippen molar-refractivity contribution in [2.45, 2.75) is 38.8 Å². The fourth-order valence-electron chi connectivity index (χ4n) is 4.98. The Kier molecular flexibility index (Phi) is 6.05. The Morgan fingerprint density at radius 3 is 2.45 bits per heavy atom. The minimum atomic E-state index is -0.249. The number of hydrogen-bond donors (Lipinski definition) is 2. The van der Waals surface area contributed by atoms with E-state index in [1.54, 1.807) is 23.7 Å². The lowest BCUT2D eigenvalue weighted by atomic mass is 9.97. The third-order valence-corrected chi connectivity index (χ3v) is 6.74. The van der Waals surface area contributed by atoms with Crippen LogP contribution in [-0.2, 0) is 19.5 Å². The first-order chi connectivity index (χ1) is 16.1. The van der Waals surface area contributed by atoms with Crippen LogP contribution in [0.15, 0.2) is 47.3 Å². The molecule has 7 heteroatoms. The number of likely N-dealkylation sites (tertiary alicyclic amines) is 1. The van der Waals surface area contributed by atoms with Crippen molar-refractivity contribution in [3.8, 4) is 22.8 Å². The zero-order valence-corrected chi connectivity index (χ0v) is 19.3. The maximum Gasteiger partial charge on any atom is 0.350 e. The van der Waals surface area contributed by atoms with Crippen molar-refractivity contribution in [3.63, 3.8) is 0 Å². The van der Waals surface area contributed by atoms with Crippen LogP contribution < -0.4 is 25.4 Å². The first-order valence-corrected chi connectivity index (χ1v) is 11.7. The van der Waals surface area contributed by atoms with Crippen LogP contribution in [0.1, 0.15) is 30.4 Å². The number of quaternary nitrogens is 1. The average Bonchev–Trinajstić information content (AvgIpc) is 2.85. The molecule has 0 bridgehead atoms. The van der Waals surface area contributed by atoms with E-state index < -0.39 is 0 Å². The van der Waals surface area contributed by atoms with Gasteiger partial charge in [-0.25, -0.2) is 4.79 Å². The van der Waals surface area contributed by atoms with E-state index in [0.717, 1.165) is 35.5 Å². The molecule has 1 saturated heterocycles. The summed E-state index contributed by atoms with van der Waals surface area (Å²) in [5.74, 6) is 1.89. The zero-order valence-electron chi connectivity index (χ0n) is 19.3. The first kappa shape index (κ1) is 21.5. The second-order valence-corrected chi connectivity index (χ2v) is 8.88. The van der Waals surface area contributed by atoms with E-state index >= 15 is 0 Å². The molecule has 7 nitrogen and oxygen atoms in total. The summed E-state index contributed by atoms with van der Waals surface area (Å²) in [5, 5.41) is 3.32. The van der Waals surface area contributed by atoms with Crippen molar-refractivity contribution >= 4 is 11.5 Å². The lowest BCUT2D eigenvalue weighted by Crippen LogP contribution is -3.11. The number of rotatable bonds is 6. The average molecular weight is 448 g/mol. The van der Waals surface area contributed by atoms with Gasteiger partial charge in [-0.05, 0) is 55.5 Å². The summed E-state index contributed by atoms with van der Waals surface area (Å²) in [6.07, 6.45) is 4.77. The molecule has 3 aromatic rings. The summed E-state index contributed by atoms with van der Waals surface area (Å²) < 4.78 is 12.7. The Labute approximate surface area is 194 Å². The molecule has 2 aliphatic heterocycles. The summed E-state index contributed by atoms with van der Waals surface area (Å²) in [6, 6.07) is 14.4. The number of benzene rings is 2. The molecule has 1 aromatic heterocycles. The van der Waals surface area contributed by atoms with Gasteiger partial charge < -0.3 is 19.7 Å². The van der Waals surface area contributed by atoms with Crippen LogP contribution in [0.25, 0.3) is 11.3 Å². The monoisotopic (exact) mass is 447 g/mol. The van der Waals surface area contributed by atoms with Crippen LogP contribution in [0.5, 0.6) is 11.5 Å². The molecule has 1 fully saturated rings.